The molecule has 190 valence electrons. The largest absolute Gasteiger partial charge is 0.462 e. The number of hydrogen-bond donors (Lipinski definition) is 0. The Morgan fingerprint density at radius 1 is 0.588 bits per heavy atom. The number of rotatable bonds is 12. The van der Waals surface area contributed by atoms with Crippen LogP contribution in [0.15, 0.2) is 59.9 Å². The Labute approximate surface area is 202 Å². The SMILES string of the molecule is C/C=C/C=C(C(=O)OCC)C(=O)OCC.CCOC(=O)C(=C/C=C/C=C/N(C)C)C(=O)OCC. The molecular formula is C25H37NO8. The highest BCUT2D eigenvalue weighted by atomic mass is 16.6. The maximum atomic E-state index is 11.6. The number of nitrogens with zero attached hydrogens (tertiary/aromatic N) is 1. The van der Waals surface area contributed by atoms with E-state index in [1.54, 1.807) is 65.0 Å². The molecule has 0 aliphatic rings. The number of allylic oxidation sites excluding steroid dienone is 7. The van der Waals surface area contributed by atoms with Crippen molar-refractivity contribution in [2.24, 2.45) is 0 Å². The van der Waals surface area contributed by atoms with E-state index in [0.717, 1.165) is 0 Å². The lowest BCUT2D eigenvalue weighted by Gasteiger charge is -2.05. The Balaban J connectivity index is 0. The van der Waals surface area contributed by atoms with Crippen LogP contribution in [0.25, 0.3) is 0 Å². The van der Waals surface area contributed by atoms with Crippen molar-refractivity contribution < 1.29 is 38.1 Å². The van der Waals surface area contributed by atoms with Gasteiger partial charge in [-0.25, -0.2) is 19.2 Å². The summed E-state index contributed by atoms with van der Waals surface area (Å²) in [5, 5.41) is 0. The van der Waals surface area contributed by atoms with Gasteiger partial charge in [-0.2, -0.15) is 0 Å². The standard InChI is InChI=1S/C14H21NO4.C11H16O4/c1-5-18-13(16)12(14(17)19-6-2)10-8-7-9-11-15(3)4;1-4-7-8-9(10(12)14-5-2)11(13)15-6-3/h7-11H,5-6H2,1-4H3;4,7-8H,5-6H2,1-3H3/b8-7+,11-9+;7-4+. The third kappa shape index (κ3) is 16.1. The van der Waals surface area contributed by atoms with Crippen molar-refractivity contribution in [2.45, 2.75) is 34.6 Å². The van der Waals surface area contributed by atoms with Gasteiger partial charge >= 0.3 is 23.9 Å². The summed E-state index contributed by atoms with van der Waals surface area (Å²) < 4.78 is 19.1. The van der Waals surface area contributed by atoms with Crippen molar-refractivity contribution >= 4 is 23.9 Å². The van der Waals surface area contributed by atoms with Gasteiger partial charge in [0, 0.05) is 14.1 Å². The minimum Gasteiger partial charge on any atom is -0.462 e. The molecular weight excluding hydrogens is 442 g/mol. The van der Waals surface area contributed by atoms with Crippen LogP contribution in [-0.4, -0.2) is 69.3 Å². The van der Waals surface area contributed by atoms with Gasteiger partial charge in [-0.1, -0.05) is 24.3 Å². The zero-order chi connectivity index (χ0) is 26.4. The molecule has 0 aromatic carbocycles. The van der Waals surface area contributed by atoms with Gasteiger partial charge in [0.25, 0.3) is 0 Å². The van der Waals surface area contributed by atoms with Crippen molar-refractivity contribution in [2.75, 3.05) is 40.5 Å². The third-order valence-electron chi connectivity index (χ3n) is 3.31. The number of hydrogen-bond acceptors (Lipinski definition) is 9. The molecule has 9 nitrogen and oxygen atoms in total. The van der Waals surface area contributed by atoms with Crippen LogP contribution in [-0.2, 0) is 38.1 Å². The Morgan fingerprint density at radius 3 is 1.24 bits per heavy atom. The molecule has 0 amide bonds. The molecule has 0 aromatic rings. The Kier molecular flexibility index (Phi) is 20.3. The quantitative estimate of drug-likeness (QED) is 0.104. The summed E-state index contributed by atoms with van der Waals surface area (Å²) in [7, 11) is 3.78. The van der Waals surface area contributed by atoms with Gasteiger partial charge in [0.05, 0.1) is 26.4 Å². The molecule has 0 bridgehead atoms. The van der Waals surface area contributed by atoms with Crippen LogP contribution in [0.3, 0.4) is 0 Å². The highest BCUT2D eigenvalue weighted by Gasteiger charge is 2.20. The summed E-state index contributed by atoms with van der Waals surface area (Å²) in [6, 6.07) is 0. The summed E-state index contributed by atoms with van der Waals surface area (Å²) >= 11 is 0. The van der Waals surface area contributed by atoms with E-state index in [4.69, 9.17) is 18.9 Å². The second-order valence-electron chi connectivity index (χ2n) is 6.26. The van der Waals surface area contributed by atoms with Crippen molar-refractivity contribution in [3.05, 3.63) is 59.9 Å². The minimum atomic E-state index is -0.679. The zero-order valence-electron chi connectivity index (χ0n) is 21.2. The van der Waals surface area contributed by atoms with Gasteiger partial charge in [0.15, 0.2) is 0 Å². The van der Waals surface area contributed by atoms with Crippen LogP contribution in [0.1, 0.15) is 34.6 Å². The number of esters is 4. The van der Waals surface area contributed by atoms with Crippen LogP contribution in [0.5, 0.6) is 0 Å². The Morgan fingerprint density at radius 2 is 0.941 bits per heavy atom. The molecule has 0 unspecified atom stereocenters. The molecule has 0 saturated heterocycles. The molecule has 0 atom stereocenters. The molecule has 9 heteroatoms. The smallest absolute Gasteiger partial charge is 0.345 e. The summed E-state index contributed by atoms with van der Waals surface area (Å²) in [5.74, 6) is -2.67. The second kappa shape index (κ2) is 21.2. The van der Waals surface area contributed by atoms with Gasteiger partial charge in [-0.3, -0.25) is 0 Å². The first-order valence-corrected chi connectivity index (χ1v) is 10.9. The van der Waals surface area contributed by atoms with E-state index in [0.29, 0.717) is 0 Å². The first-order valence-electron chi connectivity index (χ1n) is 10.9. The van der Waals surface area contributed by atoms with Crippen molar-refractivity contribution in [1.82, 2.24) is 4.90 Å². The lowest BCUT2D eigenvalue weighted by Crippen LogP contribution is -2.18. The summed E-state index contributed by atoms with van der Waals surface area (Å²) in [6.45, 7) is 9.36. The van der Waals surface area contributed by atoms with Crippen molar-refractivity contribution in [3.63, 3.8) is 0 Å². The van der Waals surface area contributed by atoms with Crippen LogP contribution in [0, 0.1) is 0 Å². The number of carbonyl (C=O) groups is 4. The highest BCUT2D eigenvalue weighted by Crippen LogP contribution is 2.04. The van der Waals surface area contributed by atoms with E-state index in [9.17, 15) is 19.2 Å². The normalized spacial score (nSPS) is 10.2. The Bertz CT molecular complexity index is 749. The lowest BCUT2D eigenvalue weighted by atomic mass is 10.2. The van der Waals surface area contributed by atoms with Gasteiger partial charge in [-0.05, 0) is 59.0 Å². The third-order valence-corrected chi connectivity index (χ3v) is 3.31. The molecule has 0 rings (SSSR count). The first-order chi connectivity index (χ1) is 16.2. The fourth-order valence-electron chi connectivity index (χ4n) is 1.90. The molecule has 0 spiro atoms. The van der Waals surface area contributed by atoms with E-state index < -0.39 is 23.9 Å². The topological polar surface area (TPSA) is 108 Å². The van der Waals surface area contributed by atoms with Crippen molar-refractivity contribution in [1.29, 1.82) is 0 Å². The fraction of sp³-hybridized carbons (Fsp3) is 0.440. The molecule has 34 heavy (non-hydrogen) atoms. The van der Waals surface area contributed by atoms with Gasteiger partial charge in [0.1, 0.15) is 11.1 Å². The van der Waals surface area contributed by atoms with Crippen LogP contribution in [0.4, 0.5) is 0 Å². The van der Waals surface area contributed by atoms with E-state index in [1.807, 2.05) is 25.2 Å². The first kappa shape index (κ1) is 32.6. The maximum absolute atomic E-state index is 11.6. The molecule has 0 aliphatic heterocycles. The summed E-state index contributed by atoms with van der Waals surface area (Å²) in [5.41, 5.74) is -0.199. The highest BCUT2D eigenvalue weighted by molar-refractivity contribution is 6.14. The van der Waals surface area contributed by atoms with Gasteiger partial charge < -0.3 is 23.8 Å². The lowest BCUT2D eigenvalue weighted by molar-refractivity contribution is -0.148. The average molecular weight is 480 g/mol. The fourth-order valence-corrected chi connectivity index (χ4v) is 1.90. The number of ether oxygens (including phenoxy) is 4. The average Bonchev–Trinajstić information content (AvgIpc) is 2.77. The van der Waals surface area contributed by atoms with Gasteiger partial charge in [-0.15, -0.1) is 0 Å². The molecule has 0 radical (unpaired) electrons. The summed E-state index contributed by atoms with van der Waals surface area (Å²) in [4.78, 5) is 47.7. The monoisotopic (exact) mass is 479 g/mol. The molecule has 0 fully saturated rings. The number of carbonyl (C=O) groups excluding carboxylic acids is 4. The summed E-state index contributed by atoms with van der Waals surface area (Å²) in [6.07, 6.45) is 13.0. The van der Waals surface area contributed by atoms with Gasteiger partial charge in [0.2, 0.25) is 0 Å². The molecule has 0 N–H and O–H groups in total. The van der Waals surface area contributed by atoms with E-state index in [2.05, 4.69) is 0 Å². The molecule has 0 heterocycles. The van der Waals surface area contributed by atoms with E-state index in [-0.39, 0.29) is 37.6 Å². The van der Waals surface area contributed by atoms with Crippen LogP contribution >= 0.6 is 0 Å². The zero-order valence-corrected chi connectivity index (χ0v) is 21.2. The maximum Gasteiger partial charge on any atom is 0.345 e. The van der Waals surface area contributed by atoms with E-state index >= 15 is 0 Å². The molecule has 0 saturated carbocycles. The molecule has 0 aromatic heterocycles. The molecule has 0 aliphatic carbocycles. The second-order valence-corrected chi connectivity index (χ2v) is 6.26. The van der Waals surface area contributed by atoms with Crippen molar-refractivity contribution in [3.8, 4) is 0 Å². The minimum absolute atomic E-state index is 0.0863. The Hall–Kier alpha value is -3.62. The van der Waals surface area contributed by atoms with E-state index in [1.165, 1.54) is 12.2 Å². The van der Waals surface area contributed by atoms with Crippen LogP contribution < -0.4 is 0 Å². The predicted molar refractivity (Wildman–Crippen MR) is 129 cm³/mol. The van der Waals surface area contributed by atoms with Crippen LogP contribution in [0.2, 0.25) is 0 Å². The predicted octanol–water partition coefficient (Wildman–Crippen LogP) is 3.29.